The third-order valence-electron chi connectivity index (χ3n) is 8.31. The summed E-state index contributed by atoms with van der Waals surface area (Å²) in [6.07, 6.45) is 11.9. The summed E-state index contributed by atoms with van der Waals surface area (Å²) >= 11 is 0. The molecule has 7 atom stereocenters. The molecule has 0 saturated heterocycles. The summed E-state index contributed by atoms with van der Waals surface area (Å²) in [5.41, 5.74) is 3.08. The van der Waals surface area contributed by atoms with Gasteiger partial charge in [0, 0.05) is 0 Å². The van der Waals surface area contributed by atoms with Gasteiger partial charge in [-0.05, 0) is 80.0 Å². The van der Waals surface area contributed by atoms with E-state index in [1.807, 2.05) is 0 Å². The van der Waals surface area contributed by atoms with Gasteiger partial charge in [-0.15, -0.1) is 0 Å². The average molecular weight is 419 g/mol. The first kappa shape index (κ1) is 29.5. The molecule has 0 nitrogen and oxygen atoms in total. The van der Waals surface area contributed by atoms with Gasteiger partial charge in [0.1, 0.15) is 0 Å². The first-order valence-corrected chi connectivity index (χ1v) is 13.3. The van der Waals surface area contributed by atoms with Crippen molar-refractivity contribution in [2.75, 3.05) is 0 Å². The van der Waals surface area contributed by atoms with E-state index in [4.69, 9.17) is 0 Å². The summed E-state index contributed by atoms with van der Waals surface area (Å²) < 4.78 is 0. The van der Waals surface area contributed by atoms with Crippen LogP contribution >= 0.6 is 0 Å². The van der Waals surface area contributed by atoms with Gasteiger partial charge in [-0.25, -0.2) is 0 Å². The van der Waals surface area contributed by atoms with Gasteiger partial charge in [-0.2, -0.15) is 0 Å². The van der Waals surface area contributed by atoms with E-state index < -0.39 is 0 Å². The molecule has 0 amide bonds. The predicted octanol–water partition coefficient (Wildman–Crippen LogP) is 10.3. The highest BCUT2D eigenvalue weighted by atomic mass is 14.3. The van der Waals surface area contributed by atoms with E-state index in [2.05, 4.69) is 88.8 Å². The molecule has 0 radical (unpaired) electrons. The van der Waals surface area contributed by atoms with Crippen LogP contribution < -0.4 is 0 Å². The first-order valence-electron chi connectivity index (χ1n) is 13.3. The Morgan fingerprint density at radius 1 is 0.733 bits per heavy atom. The maximum atomic E-state index is 4.19. The molecule has 0 aliphatic heterocycles. The fourth-order valence-corrected chi connectivity index (χ4v) is 5.12. The first-order chi connectivity index (χ1) is 14.0. The normalized spacial score (nSPS) is 19.8. The second-order valence-electron chi connectivity index (χ2n) is 11.3. The Bertz CT molecular complexity index is 482. The van der Waals surface area contributed by atoms with Crippen LogP contribution in [-0.2, 0) is 0 Å². The third kappa shape index (κ3) is 10.7. The van der Waals surface area contributed by atoms with Crippen molar-refractivity contribution in [2.45, 2.75) is 121 Å². The molecule has 0 rings (SSSR count). The summed E-state index contributed by atoms with van der Waals surface area (Å²) in [7, 11) is 0. The van der Waals surface area contributed by atoms with Gasteiger partial charge in [0.15, 0.2) is 0 Å². The average Bonchev–Trinajstić information content (AvgIpc) is 2.68. The van der Waals surface area contributed by atoms with E-state index in [9.17, 15) is 0 Å². The monoisotopic (exact) mass is 418 g/mol. The van der Waals surface area contributed by atoms with Gasteiger partial charge in [0.2, 0.25) is 0 Å². The molecule has 0 aromatic rings. The molecule has 0 spiro atoms. The molecule has 0 heteroatoms. The van der Waals surface area contributed by atoms with Crippen LogP contribution in [0.2, 0.25) is 0 Å². The van der Waals surface area contributed by atoms with Crippen LogP contribution in [0.1, 0.15) is 121 Å². The Morgan fingerprint density at radius 3 is 1.80 bits per heavy atom. The number of hydrogen-bond donors (Lipinski definition) is 0. The Morgan fingerprint density at radius 2 is 1.33 bits per heavy atom. The number of rotatable bonds is 16. The quantitative estimate of drug-likeness (QED) is 0.219. The van der Waals surface area contributed by atoms with Crippen molar-refractivity contribution in [3.05, 3.63) is 23.8 Å². The molecule has 0 aromatic heterocycles. The van der Waals surface area contributed by atoms with Gasteiger partial charge in [0.25, 0.3) is 0 Å². The second kappa shape index (κ2) is 15.3. The minimum atomic E-state index is 0.643. The van der Waals surface area contributed by atoms with Gasteiger partial charge < -0.3 is 0 Å². The highest BCUT2D eigenvalue weighted by Gasteiger charge is 2.25. The summed E-state index contributed by atoms with van der Waals surface area (Å²) in [6.45, 7) is 30.5. The number of hydrogen-bond acceptors (Lipinski definition) is 0. The van der Waals surface area contributed by atoms with Crippen LogP contribution in [-0.4, -0.2) is 0 Å². The molecule has 0 heterocycles. The Labute approximate surface area is 192 Å². The van der Waals surface area contributed by atoms with Gasteiger partial charge in [-0.1, -0.05) is 112 Å². The lowest BCUT2D eigenvalue weighted by atomic mass is 9.73. The van der Waals surface area contributed by atoms with Gasteiger partial charge in [0.05, 0.1) is 0 Å². The lowest BCUT2D eigenvalue weighted by Crippen LogP contribution is -2.21. The molecule has 0 N–H and O–H groups in total. The summed E-state index contributed by atoms with van der Waals surface area (Å²) in [5, 5.41) is 0. The zero-order valence-corrected chi connectivity index (χ0v) is 22.9. The molecule has 0 saturated carbocycles. The summed E-state index contributed by atoms with van der Waals surface area (Å²) in [5.74, 6) is 6.03. The molecular weight excluding hydrogens is 360 g/mol. The molecular formula is C30H58. The van der Waals surface area contributed by atoms with Crippen molar-refractivity contribution < 1.29 is 0 Å². The minimum absolute atomic E-state index is 0.643. The molecule has 0 fully saturated rings. The fourth-order valence-electron chi connectivity index (χ4n) is 5.12. The third-order valence-corrected chi connectivity index (χ3v) is 8.31. The largest absolute Gasteiger partial charge is 0.0999 e. The molecule has 178 valence electrons. The highest BCUT2D eigenvalue weighted by molar-refractivity contribution is 5.11. The lowest BCUT2D eigenvalue weighted by Gasteiger charge is -2.32. The van der Waals surface area contributed by atoms with Crippen molar-refractivity contribution in [1.82, 2.24) is 0 Å². The Balaban J connectivity index is 5.10. The Kier molecular flexibility index (Phi) is 15.0. The van der Waals surface area contributed by atoms with E-state index >= 15 is 0 Å². The Hall–Kier alpha value is -0.520. The van der Waals surface area contributed by atoms with Crippen molar-refractivity contribution >= 4 is 0 Å². The maximum Gasteiger partial charge on any atom is -0.0203 e. The zero-order valence-electron chi connectivity index (χ0n) is 22.9. The van der Waals surface area contributed by atoms with Crippen LogP contribution in [0.15, 0.2) is 23.8 Å². The summed E-state index contributed by atoms with van der Waals surface area (Å²) in [4.78, 5) is 0. The van der Waals surface area contributed by atoms with Crippen molar-refractivity contribution in [3.8, 4) is 0 Å². The summed E-state index contributed by atoms with van der Waals surface area (Å²) in [6, 6.07) is 0. The molecule has 30 heavy (non-hydrogen) atoms. The standard InChI is InChI=1S/C30H58/c1-13-15-29(18-17-23(7)27(11)22(5)6)20-26(10)30(16-14-2)28(12)25(9)19-24(8)21(3)4/h16,21,23-29H,5,13-15,17-20H2,1-4,6-12H3/b30-16-/t23-,24-,25?,26+,27?,28?,29?/m0/s1. The SMILES string of the molecule is C=C(C)C(C)[C@@H](C)CCC(CCC)C[C@@H](C)/C(=C/CC)C(C)C(C)C[C@H](C)C(C)C. The molecule has 0 aliphatic carbocycles. The van der Waals surface area contributed by atoms with Gasteiger partial charge >= 0.3 is 0 Å². The zero-order chi connectivity index (χ0) is 23.4. The van der Waals surface area contributed by atoms with Crippen molar-refractivity contribution in [1.29, 1.82) is 0 Å². The van der Waals surface area contributed by atoms with Gasteiger partial charge in [-0.3, -0.25) is 0 Å². The van der Waals surface area contributed by atoms with Crippen LogP contribution in [0.5, 0.6) is 0 Å². The van der Waals surface area contributed by atoms with E-state index in [0.29, 0.717) is 17.8 Å². The van der Waals surface area contributed by atoms with Crippen molar-refractivity contribution in [2.24, 2.45) is 47.3 Å². The molecule has 4 unspecified atom stereocenters. The van der Waals surface area contributed by atoms with E-state index in [1.165, 1.54) is 50.5 Å². The van der Waals surface area contributed by atoms with E-state index in [0.717, 1.165) is 29.6 Å². The minimum Gasteiger partial charge on any atom is -0.0999 e. The lowest BCUT2D eigenvalue weighted by molar-refractivity contribution is 0.268. The second-order valence-corrected chi connectivity index (χ2v) is 11.3. The highest BCUT2D eigenvalue weighted by Crippen LogP contribution is 2.37. The molecule has 0 bridgehead atoms. The van der Waals surface area contributed by atoms with Crippen LogP contribution in [0, 0.1) is 47.3 Å². The number of allylic oxidation sites excluding steroid dienone is 3. The van der Waals surface area contributed by atoms with Crippen LogP contribution in [0.25, 0.3) is 0 Å². The predicted molar refractivity (Wildman–Crippen MR) is 140 cm³/mol. The fraction of sp³-hybridized carbons (Fsp3) is 0.867. The van der Waals surface area contributed by atoms with Crippen LogP contribution in [0.4, 0.5) is 0 Å². The maximum absolute atomic E-state index is 4.19. The molecule has 0 aromatic carbocycles. The van der Waals surface area contributed by atoms with Crippen LogP contribution in [0.3, 0.4) is 0 Å². The van der Waals surface area contributed by atoms with E-state index in [-0.39, 0.29) is 0 Å². The van der Waals surface area contributed by atoms with E-state index in [1.54, 1.807) is 5.57 Å². The van der Waals surface area contributed by atoms with Crippen molar-refractivity contribution in [3.63, 3.8) is 0 Å². The molecule has 0 aliphatic rings. The topological polar surface area (TPSA) is 0 Å². The smallest absolute Gasteiger partial charge is 0.0203 e.